The minimum atomic E-state index is -3.77. The first kappa shape index (κ1) is 21.5. The fourth-order valence-electron chi connectivity index (χ4n) is 2.80. The molecule has 0 radical (unpaired) electrons. The summed E-state index contributed by atoms with van der Waals surface area (Å²) in [5.41, 5.74) is 3.30. The third kappa shape index (κ3) is 5.47. The number of nitrogens with zero attached hydrogens (tertiary/aromatic N) is 4. The molecule has 0 aliphatic heterocycles. The lowest BCUT2D eigenvalue weighted by Crippen LogP contribution is -2.14. The Kier molecular flexibility index (Phi) is 6.42. The Morgan fingerprint density at radius 1 is 1.03 bits per heavy atom. The molecule has 0 atom stereocenters. The van der Waals surface area contributed by atoms with Crippen LogP contribution >= 0.6 is 11.3 Å². The van der Waals surface area contributed by atoms with E-state index >= 15 is 0 Å². The van der Waals surface area contributed by atoms with Gasteiger partial charge in [-0.3, -0.25) is 9.52 Å². The average Bonchev–Trinajstić information content (AvgIpc) is 3.49. The maximum absolute atomic E-state index is 12.5. The fraction of sp³-hybridized carbons (Fsp3) is 0.100. The van der Waals surface area contributed by atoms with Crippen molar-refractivity contribution in [2.45, 2.75) is 11.4 Å². The van der Waals surface area contributed by atoms with Gasteiger partial charge in [-0.05, 0) is 48.5 Å². The Labute approximate surface area is 188 Å². The van der Waals surface area contributed by atoms with E-state index < -0.39 is 10.0 Å². The minimum absolute atomic E-state index is 0.0526. The number of aromatic nitrogens is 4. The second kappa shape index (κ2) is 9.58. The zero-order valence-corrected chi connectivity index (χ0v) is 18.3. The van der Waals surface area contributed by atoms with Crippen molar-refractivity contribution < 1.29 is 13.2 Å². The number of carbonyl (C=O) groups is 1. The molecule has 0 saturated heterocycles. The van der Waals surface area contributed by atoms with Crippen molar-refractivity contribution in [3.63, 3.8) is 0 Å². The largest absolute Gasteiger partial charge is 0.383 e. The van der Waals surface area contributed by atoms with Gasteiger partial charge in [-0.1, -0.05) is 11.3 Å². The first-order chi connectivity index (χ1) is 15.5. The highest BCUT2D eigenvalue weighted by Gasteiger charge is 2.16. The summed E-state index contributed by atoms with van der Waals surface area (Å²) in [5.74, 6) is -0.294. The smallest absolute Gasteiger partial charge is 0.263 e. The van der Waals surface area contributed by atoms with Gasteiger partial charge in [0, 0.05) is 42.4 Å². The number of hydrogen-bond acceptors (Lipinski definition) is 8. The lowest BCUT2D eigenvalue weighted by Gasteiger charge is -2.09. The number of rotatable bonds is 9. The molecule has 4 rings (SSSR count). The Hall–Kier alpha value is -3.77. The molecule has 0 spiro atoms. The van der Waals surface area contributed by atoms with E-state index in [2.05, 4.69) is 30.5 Å². The molecule has 12 heteroatoms. The molecule has 164 valence electrons. The maximum atomic E-state index is 12.5. The molecular formula is C20H19N7O3S2. The number of imidazole rings is 1. The van der Waals surface area contributed by atoms with Gasteiger partial charge in [0.05, 0.1) is 11.2 Å². The molecule has 0 saturated carbocycles. The number of carbonyl (C=O) groups excluding carboxylic acids is 1. The number of hydrogen-bond donors (Lipinski definition) is 3. The predicted molar refractivity (Wildman–Crippen MR) is 122 cm³/mol. The molecule has 2 heterocycles. The van der Waals surface area contributed by atoms with Crippen LogP contribution in [0.25, 0.3) is 0 Å². The van der Waals surface area contributed by atoms with Crippen LogP contribution in [-0.4, -0.2) is 40.6 Å². The highest BCUT2D eigenvalue weighted by Crippen LogP contribution is 2.19. The quantitative estimate of drug-likeness (QED) is 0.343. The van der Waals surface area contributed by atoms with E-state index in [4.69, 9.17) is 0 Å². The lowest BCUT2D eigenvalue weighted by molar-refractivity contribution is 0.102. The van der Waals surface area contributed by atoms with E-state index in [1.54, 1.807) is 24.7 Å². The van der Waals surface area contributed by atoms with Crippen LogP contribution in [0, 0.1) is 0 Å². The van der Waals surface area contributed by atoms with Gasteiger partial charge in [0.2, 0.25) is 5.13 Å². The van der Waals surface area contributed by atoms with Gasteiger partial charge in [-0.2, -0.15) is 0 Å². The summed E-state index contributed by atoms with van der Waals surface area (Å²) in [6, 6.07) is 13.0. The van der Waals surface area contributed by atoms with Gasteiger partial charge in [-0.15, -0.1) is 10.2 Å². The number of anilines is 3. The van der Waals surface area contributed by atoms with Crippen LogP contribution < -0.4 is 15.4 Å². The third-order valence-corrected chi connectivity index (χ3v) is 6.50. The number of sulfonamides is 1. The molecule has 0 aliphatic carbocycles. The summed E-state index contributed by atoms with van der Waals surface area (Å²) in [4.78, 5) is 16.6. The molecule has 0 bridgehead atoms. The van der Waals surface area contributed by atoms with Crippen LogP contribution in [-0.2, 0) is 16.6 Å². The average molecular weight is 470 g/mol. The standard InChI is InChI=1S/C20H19N7O3S2/c28-19(15-1-3-16(4-2-15)22-10-12-27-11-9-21-13-27)24-17-5-7-18(8-6-17)32(29,30)26-20-25-23-14-31-20/h1-9,11,13-14,22H,10,12H2,(H,24,28)(H,25,26). The summed E-state index contributed by atoms with van der Waals surface area (Å²) in [6.07, 6.45) is 5.38. The molecule has 2 aromatic heterocycles. The van der Waals surface area contributed by atoms with Crippen molar-refractivity contribution in [3.05, 3.63) is 78.3 Å². The molecule has 0 fully saturated rings. The van der Waals surface area contributed by atoms with Gasteiger partial charge in [0.25, 0.3) is 15.9 Å². The first-order valence-corrected chi connectivity index (χ1v) is 11.9. The van der Waals surface area contributed by atoms with Gasteiger partial charge in [0.15, 0.2) is 0 Å². The van der Waals surface area contributed by atoms with E-state index in [-0.39, 0.29) is 15.9 Å². The van der Waals surface area contributed by atoms with Crippen molar-refractivity contribution in [1.82, 2.24) is 19.7 Å². The summed E-state index contributed by atoms with van der Waals surface area (Å²) in [6.45, 7) is 1.51. The van der Waals surface area contributed by atoms with Crippen LogP contribution in [0.1, 0.15) is 10.4 Å². The van der Waals surface area contributed by atoms with Gasteiger partial charge in [-0.25, -0.2) is 13.4 Å². The molecule has 0 aliphatic rings. The lowest BCUT2D eigenvalue weighted by atomic mass is 10.2. The number of nitrogens with one attached hydrogen (secondary N) is 3. The zero-order chi connectivity index (χ0) is 22.4. The van der Waals surface area contributed by atoms with Gasteiger partial charge in [0.1, 0.15) is 5.51 Å². The molecule has 1 amide bonds. The zero-order valence-electron chi connectivity index (χ0n) is 16.7. The number of benzene rings is 2. The van der Waals surface area contributed by atoms with E-state index in [9.17, 15) is 13.2 Å². The van der Waals surface area contributed by atoms with Crippen LogP contribution in [0.5, 0.6) is 0 Å². The highest BCUT2D eigenvalue weighted by molar-refractivity contribution is 7.93. The summed E-state index contributed by atoms with van der Waals surface area (Å²) < 4.78 is 29.0. The van der Waals surface area contributed by atoms with E-state index in [1.807, 2.05) is 22.9 Å². The topological polar surface area (TPSA) is 131 Å². The van der Waals surface area contributed by atoms with Crippen molar-refractivity contribution in [3.8, 4) is 0 Å². The van der Waals surface area contributed by atoms with Crippen LogP contribution in [0.15, 0.2) is 77.7 Å². The maximum Gasteiger partial charge on any atom is 0.263 e. The van der Waals surface area contributed by atoms with E-state index in [1.165, 1.54) is 29.8 Å². The van der Waals surface area contributed by atoms with Crippen molar-refractivity contribution >= 4 is 43.8 Å². The first-order valence-electron chi connectivity index (χ1n) is 9.50. The predicted octanol–water partition coefficient (Wildman–Crippen LogP) is 2.90. The Morgan fingerprint density at radius 2 is 1.78 bits per heavy atom. The summed E-state index contributed by atoms with van der Waals surface area (Å²) in [7, 11) is -3.77. The van der Waals surface area contributed by atoms with Crippen LogP contribution in [0.2, 0.25) is 0 Å². The molecule has 0 unspecified atom stereocenters. The van der Waals surface area contributed by atoms with Crippen molar-refractivity contribution in [1.29, 1.82) is 0 Å². The van der Waals surface area contributed by atoms with Crippen molar-refractivity contribution in [2.75, 3.05) is 21.9 Å². The molecule has 4 aromatic rings. The normalized spacial score (nSPS) is 11.1. The Balaban J connectivity index is 1.32. The van der Waals surface area contributed by atoms with Crippen LogP contribution in [0.4, 0.5) is 16.5 Å². The van der Waals surface area contributed by atoms with Crippen LogP contribution in [0.3, 0.4) is 0 Å². The molecular weight excluding hydrogens is 450 g/mol. The van der Waals surface area contributed by atoms with E-state index in [0.717, 1.165) is 30.1 Å². The minimum Gasteiger partial charge on any atom is -0.383 e. The third-order valence-electron chi connectivity index (χ3n) is 4.41. The van der Waals surface area contributed by atoms with E-state index in [0.29, 0.717) is 11.3 Å². The second-order valence-electron chi connectivity index (χ2n) is 6.63. The molecule has 10 nitrogen and oxygen atoms in total. The molecule has 32 heavy (non-hydrogen) atoms. The summed E-state index contributed by atoms with van der Waals surface area (Å²) >= 11 is 1.08. The van der Waals surface area contributed by atoms with Crippen molar-refractivity contribution in [2.24, 2.45) is 0 Å². The summed E-state index contributed by atoms with van der Waals surface area (Å²) in [5, 5.41) is 13.5. The highest BCUT2D eigenvalue weighted by atomic mass is 32.2. The Morgan fingerprint density at radius 3 is 2.44 bits per heavy atom. The second-order valence-corrected chi connectivity index (χ2v) is 9.15. The number of amides is 1. The molecule has 2 aromatic carbocycles. The Bertz CT molecular complexity index is 1260. The SMILES string of the molecule is O=C(Nc1ccc(S(=O)(=O)Nc2nncs2)cc1)c1ccc(NCCn2ccnc2)cc1. The van der Waals surface area contributed by atoms with Gasteiger partial charge < -0.3 is 15.2 Å². The monoisotopic (exact) mass is 469 g/mol. The van der Waals surface area contributed by atoms with Gasteiger partial charge >= 0.3 is 0 Å². The fourth-order valence-corrected chi connectivity index (χ4v) is 4.49. The molecule has 3 N–H and O–H groups in total.